The Morgan fingerprint density at radius 3 is 2.21 bits per heavy atom. The molecule has 0 aromatic carbocycles. The number of carbonyl (C=O) groups is 1. The zero-order chi connectivity index (χ0) is 14.6. The zero-order valence-corrected chi connectivity index (χ0v) is 12.5. The van der Waals surface area contributed by atoms with E-state index in [-0.39, 0.29) is 5.56 Å². The fourth-order valence-corrected chi connectivity index (χ4v) is 2.12. The summed E-state index contributed by atoms with van der Waals surface area (Å²) in [6, 6.07) is 1.87. The van der Waals surface area contributed by atoms with Gasteiger partial charge >= 0.3 is 5.97 Å². The lowest BCUT2D eigenvalue weighted by Gasteiger charge is -2.29. The summed E-state index contributed by atoms with van der Waals surface area (Å²) in [4.78, 5) is 17.6. The third-order valence-electron chi connectivity index (χ3n) is 2.76. The van der Waals surface area contributed by atoms with Crippen molar-refractivity contribution in [2.45, 2.75) is 34.6 Å². The number of hydrogen-bond donors (Lipinski definition) is 1. The first-order chi connectivity index (χ1) is 8.81. The van der Waals surface area contributed by atoms with Crippen LogP contribution >= 0.6 is 0 Å². The minimum atomic E-state index is -0.917. The number of carboxylic acid groups (broad SMARTS) is 1. The number of nitrogens with zero attached hydrogens (tertiary/aromatic N) is 2. The van der Waals surface area contributed by atoms with E-state index >= 15 is 0 Å². The van der Waals surface area contributed by atoms with Crippen molar-refractivity contribution in [1.82, 2.24) is 4.98 Å². The number of hydrogen-bond acceptors (Lipinski definition) is 3. The number of aromatic nitrogens is 1. The van der Waals surface area contributed by atoms with Gasteiger partial charge in [0.1, 0.15) is 5.56 Å². The van der Waals surface area contributed by atoms with Gasteiger partial charge in [-0.05, 0) is 24.8 Å². The molecule has 1 heterocycles. The van der Waals surface area contributed by atoms with Crippen LogP contribution in [0.25, 0.3) is 0 Å². The molecule has 0 radical (unpaired) electrons. The molecule has 0 aliphatic heterocycles. The van der Waals surface area contributed by atoms with E-state index < -0.39 is 5.97 Å². The Hall–Kier alpha value is -1.58. The molecule has 19 heavy (non-hydrogen) atoms. The van der Waals surface area contributed by atoms with Crippen LogP contribution in [-0.2, 0) is 0 Å². The van der Waals surface area contributed by atoms with Crippen LogP contribution in [0.15, 0.2) is 12.3 Å². The number of pyridine rings is 1. The molecule has 0 saturated heterocycles. The summed E-state index contributed by atoms with van der Waals surface area (Å²) in [5.74, 6) is 0.0442. The van der Waals surface area contributed by atoms with Crippen LogP contribution < -0.4 is 4.90 Å². The fourth-order valence-electron chi connectivity index (χ4n) is 2.12. The van der Waals surface area contributed by atoms with Crippen LogP contribution in [0.3, 0.4) is 0 Å². The van der Waals surface area contributed by atoms with Crippen molar-refractivity contribution in [1.29, 1.82) is 0 Å². The molecule has 4 heteroatoms. The highest BCUT2D eigenvalue weighted by Gasteiger charge is 2.18. The molecule has 0 atom stereocenters. The molecular formula is C15H24N2O2. The van der Waals surface area contributed by atoms with Gasteiger partial charge in [0.05, 0.1) is 5.69 Å². The van der Waals surface area contributed by atoms with Crippen LogP contribution in [-0.4, -0.2) is 29.1 Å². The van der Waals surface area contributed by atoms with Crippen LogP contribution in [0, 0.1) is 18.8 Å². The summed E-state index contributed by atoms with van der Waals surface area (Å²) < 4.78 is 0. The van der Waals surface area contributed by atoms with Crippen molar-refractivity contribution in [2.24, 2.45) is 11.8 Å². The summed E-state index contributed by atoms with van der Waals surface area (Å²) >= 11 is 0. The van der Waals surface area contributed by atoms with Crippen LogP contribution in [0.1, 0.15) is 43.7 Å². The average molecular weight is 264 g/mol. The Bertz CT molecular complexity index is 432. The van der Waals surface area contributed by atoms with Crippen molar-refractivity contribution in [3.8, 4) is 0 Å². The normalized spacial score (nSPS) is 11.1. The lowest BCUT2D eigenvalue weighted by Crippen LogP contribution is -2.32. The Morgan fingerprint density at radius 1 is 1.26 bits per heavy atom. The number of rotatable bonds is 6. The summed E-state index contributed by atoms with van der Waals surface area (Å²) in [7, 11) is 0. The maximum Gasteiger partial charge on any atom is 0.339 e. The van der Waals surface area contributed by atoms with E-state index in [1.165, 1.54) is 6.20 Å². The van der Waals surface area contributed by atoms with Gasteiger partial charge in [0, 0.05) is 25.0 Å². The highest BCUT2D eigenvalue weighted by molar-refractivity contribution is 5.94. The summed E-state index contributed by atoms with van der Waals surface area (Å²) in [5.41, 5.74) is 1.91. The Labute approximate surface area is 115 Å². The maximum absolute atomic E-state index is 11.3. The molecule has 0 amide bonds. The standard InChI is InChI=1S/C15H24N2O2/c1-10(2)8-17(9-11(3)4)14-6-12(5)16-7-13(14)15(18)19/h6-7,10-11H,8-9H2,1-5H3,(H,18,19). The molecule has 0 spiro atoms. The van der Waals surface area contributed by atoms with Gasteiger partial charge in [-0.1, -0.05) is 27.7 Å². The summed E-state index contributed by atoms with van der Waals surface area (Å²) in [6.45, 7) is 12.1. The van der Waals surface area contributed by atoms with E-state index in [1.807, 2.05) is 13.0 Å². The van der Waals surface area contributed by atoms with Gasteiger partial charge in [0.15, 0.2) is 0 Å². The number of anilines is 1. The summed E-state index contributed by atoms with van der Waals surface area (Å²) in [6.07, 6.45) is 1.46. The van der Waals surface area contributed by atoms with E-state index in [9.17, 15) is 9.90 Å². The van der Waals surface area contributed by atoms with Crippen LogP contribution in [0.2, 0.25) is 0 Å². The molecule has 0 fully saturated rings. The largest absolute Gasteiger partial charge is 0.478 e. The van der Waals surface area contributed by atoms with Crippen molar-refractivity contribution < 1.29 is 9.90 Å². The Balaban J connectivity index is 3.18. The van der Waals surface area contributed by atoms with Gasteiger partial charge in [-0.15, -0.1) is 0 Å². The smallest absolute Gasteiger partial charge is 0.339 e. The Kier molecular flexibility index (Phi) is 5.33. The molecule has 4 nitrogen and oxygen atoms in total. The number of aromatic carboxylic acids is 1. The fraction of sp³-hybridized carbons (Fsp3) is 0.600. The van der Waals surface area contributed by atoms with Gasteiger partial charge in [0.25, 0.3) is 0 Å². The minimum absolute atomic E-state index is 0.284. The van der Waals surface area contributed by atoms with Crippen molar-refractivity contribution in [2.75, 3.05) is 18.0 Å². The van der Waals surface area contributed by atoms with Crippen molar-refractivity contribution >= 4 is 11.7 Å². The lowest BCUT2D eigenvalue weighted by molar-refractivity contribution is 0.0697. The minimum Gasteiger partial charge on any atom is -0.478 e. The lowest BCUT2D eigenvalue weighted by atomic mass is 10.1. The third kappa shape index (κ3) is 4.54. The topological polar surface area (TPSA) is 53.4 Å². The predicted octanol–water partition coefficient (Wildman–Crippen LogP) is 3.21. The third-order valence-corrected chi connectivity index (χ3v) is 2.76. The van der Waals surface area contributed by atoms with Gasteiger partial charge in [-0.2, -0.15) is 0 Å². The molecule has 1 N–H and O–H groups in total. The maximum atomic E-state index is 11.3. The van der Waals surface area contributed by atoms with E-state index in [0.717, 1.165) is 24.5 Å². The molecule has 106 valence electrons. The zero-order valence-electron chi connectivity index (χ0n) is 12.5. The highest BCUT2D eigenvalue weighted by atomic mass is 16.4. The highest BCUT2D eigenvalue weighted by Crippen LogP contribution is 2.23. The van der Waals surface area contributed by atoms with E-state index in [4.69, 9.17) is 0 Å². The van der Waals surface area contributed by atoms with Gasteiger partial charge in [0.2, 0.25) is 0 Å². The van der Waals surface area contributed by atoms with Crippen LogP contribution in [0.4, 0.5) is 5.69 Å². The Morgan fingerprint density at radius 2 is 1.79 bits per heavy atom. The van der Waals surface area contributed by atoms with E-state index in [0.29, 0.717) is 11.8 Å². The molecule has 1 rings (SSSR count). The molecule has 1 aromatic heterocycles. The first kappa shape index (κ1) is 15.5. The molecular weight excluding hydrogens is 240 g/mol. The van der Waals surface area contributed by atoms with E-state index in [2.05, 4.69) is 37.6 Å². The van der Waals surface area contributed by atoms with Crippen molar-refractivity contribution in [3.05, 3.63) is 23.5 Å². The molecule has 0 aliphatic carbocycles. The molecule has 0 bridgehead atoms. The van der Waals surface area contributed by atoms with Gasteiger partial charge < -0.3 is 10.0 Å². The molecule has 1 aromatic rings. The van der Waals surface area contributed by atoms with E-state index in [1.54, 1.807) is 0 Å². The monoisotopic (exact) mass is 264 g/mol. The summed E-state index contributed by atoms with van der Waals surface area (Å²) in [5, 5.41) is 9.31. The van der Waals surface area contributed by atoms with Crippen LogP contribution in [0.5, 0.6) is 0 Å². The predicted molar refractivity (Wildman–Crippen MR) is 77.8 cm³/mol. The first-order valence-electron chi connectivity index (χ1n) is 6.76. The average Bonchev–Trinajstić information content (AvgIpc) is 2.26. The second kappa shape index (κ2) is 6.55. The molecule has 0 unspecified atom stereocenters. The van der Waals surface area contributed by atoms with Gasteiger partial charge in [-0.3, -0.25) is 4.98 Å². The second-order valence-electron chi connectivity index (χ2n) is 5.84. The first-order valence-corrected chi connectivity index (χ1v) is 6.76. The molecule has 0 saturated carbocycles. The van der Waals surface area contributed by atoms with Gasteiger partial charge in [-0.25, -0.2) is 4.79 Å². The van der Waals surface area contributed by atoms with Crippen molar-refractivity contribution in [3.63, 3.8) is 0 Å². The SMILES string of the molecule is Cc1cc(N(CC(C)C)CC(C)C)c(C(=O)O)cn1. The number of aryl methyl sites for hydroxylation is 1. The second-order valence-corrected chi connectivity index (χ2v) is 5.84. The number of carboxylic acids is 1. The molecule has 0 aliphatic rings. The quantitative estimate of drug-likeness (QED) is 0.857.